The first-order chi connectivity index (χ1) is 18.2. The molecule has 0 aliphatic heterocycles. The second-order valence-electron chi connectivity index (χ2n) is 9.59. The Bertz CT molecular complexity index is 675. The SMILES string of the molecule is CCCCCCCCCCCCCCCC(=O)OCC(COP(=O)(O)OCCCC(=O)Br)OC(=O)CCC. The molecule has 0 saturated carbocycles. The summed E-state index contributed by atoms with van der Waals surface area (Å²) in [7, 11) is -4.41. The standard InChI is InChI=1S/C27H50BrO9P/c1-3-5-6-7-8-9-10-11-12-13-14-15-16-20-26(30)34-22-24(37-27(31)18-4-2)23-36-38(32,33)35-21-17-19-25(28)29/h24H,3-23H2,1-2H3,(H,32,33). The molecule has 9 nitrogen and oxygen atoms in total. The summed E-state index contributed by atoms with van der Waals surface area (Å²) in [5, 5.41) is 0. The van der Waals surface area contributed by atoms with Gasteiger partial charge in [0.15, 0.2) is 10.8 Å². The fraction of sp³-hybridized carbons (Fsp3) is 0.889. The Morgan fingerprint density at radius 1 is 0.684 bits per heavy atom. The predicted molar refractivity (Wildman–Crippen MR) is 151 cm³/mol. The van der Waals surface area contributed by atoms with Crippen LogP contribution in [0.3, 0.4) is 0 Å². The number of unbranched alkanes of at least 4 members (excludes halogenated alkanes) is 12. The van der Waals surface area contributed by atoms with E-state index in [2.05, 4.69) is 22.9 Å². The fourth-order valence-electron chi connectivity index (χ4n) is 3.72. The van der Waals surface area contributed by atoms with E-state index < -0.39 is 32.5 Å². The maximum absolute atomic E-state index is 12.1. The highest BCUT2D eigenvalue weighted by molar-refractivity contribution is 9.18. The van der Waals surface area contributed by atoms with Gasteiger partial charge in [-0.3, -0.25) is 23.4 Å². The summed E-state index contributed by atoms with van der Waals surface area (Å²) in [5.41, 5.74) is 0. The van der Waals surface area contributed by atoms with E-state index >= 15 is 0 Å². The molecule has 0 bridgehead atoms. The van der Waals surface area contributed by atoms with Crippen LogP contribution < -0.4 is 0 Å². The lowest BCUT2D eigenvalue weighted by Gasteiger charge is -2.19. The molecule has 0 saturated heterocycles. The van der Waals surface area contributed by atoms with Gasteiger partial charge in [-0.2, -0.15) is 0 Å². The zero-order valence-corrected chi connectivity index (χ0v) is 25.9. The number of phosphoric ester groups is 1. The lowest BCUT2D eigenvalue weighted by molar-refractivity contribution is -0.161. The molecule has 224 valence electrons. The molecule has 0 aromatic carbocycles. The second-order valence-corrected chi connectivity index (χ2v) is 11.9. The molecule has 0 aromatic heterocycles. The van der Waals surface area contributed by atoms with Crippen LogP contribution in [0.1, 0.15) is 129 Å². The van der Waals surface area contributed by atoms with Crippen LogP contribution >= 0.6 is 23.8 Å². The number of halogens is 1. The van der Waals surface area contributed by atoms with Gasteiger partial charge in [-0.1, -0.05) is 90.9 Å². The summed E-state index contributed by atoms with van der Waals surface area (Å²) >= 11 is 2.77. The fourth-order valence-corrected chi connectivity index (χ4v) is 4.79. The normalized spacial score (nSPS) is 13.6. The number of hydrogen-bond acceptors (Lipinski definition) is 8. The van der Waals surface area contributed by atoms with Gasteiger partial charge in [0, 0.05) is 19.3 Å². The molecule has 0 spiro atoms. The molecule has 0 heterocycles. The van der Waals surface area contributed by atoms with Crippen LogP contribution in [0.2, 0.25) is 0 Å². The Morgan fingerprint density at radius 2 is 1.24 bits per heavy atom. The third-order valence-corrected chi connectivity index (χ3v) is 7.24. The Balaban J connectivity index is 4.11. The van der Waals surface area contributed by atoms with E-state index in [0.717, 1.165) is 19.3 Å². The number of carbonyl (C=O) groups excluding carboxylic acids is 3. The summed E-state index contributed by atoms with van der Waals surface area (Å²) in [5.74, 6) is -0.925. The van der Waals surface area contributed by atoms with Crippen LogP contribution in [-0.2, 0) is 37.5 Å². The summed E-state index contributed by atoms with van der Waals surface area (Å²) in [4.78, 5) is 44.7. The summed E-state index contributed by atoms with van der Waals surface area (Å²) in [6.45, 7) is 3.16. The highest BCUT2D eigenvalue weighted by Gasteiger charge is 2.26. The molecule has 0 fully saturated rings. The molecule has 38 heavy (non-hydrogen) atoms. The number of esters is 2. The predicted octanol–water partition coefficient (Wildman–Crippen LogP) is 7.56. The van der Waals surface area contributed by atoms with Gasteiger partial charge in [0.25, 0.3) is 0 Å². The van der Waals surface area contributed by atoms with Crippen LogP contribution in [0.4, 0.5) is 0 Å². The highest BCUT2D eigenvalue weighted by atomic mass is 79.9. The van der Waals surface area contributed by atoms with Crippen molar-refractivity contribution >= 4 is 40.4 Å². The van der Waals surface area contributed by atoms with Gasteiger partial charge in [-0.25, -0.2) is 4.57 Å². The maximum Gasteiger partial charge on any atom is 0.472 e. The molecule has 0 aliphatic rings. The van der Waals surface area contributed by atoms with Gasteiger partial charge in [0.2, 0.25) is 0 Å². The van der Waals surface area contributed by atoms with E-state index in [1.807, 2.05) is 6.92 Å². The van der Waals surface area contributed by atoms with Crippen molar-refractivity contribution in [3.05, 3.63) is 0 Å². The maximum atomic E-state index is 12.1. The van der Waals surface area contributed by atoms with Crippen molar-refractivity contribution < 1.29 is 42.4 Å². The van der Waals surface area contributed by atoms with Crippen LogP contribution in [-0.4, -0.2) is 47.4 Å². The van der Waals surface area contributed by atoms with Crippen LogP contribution in [0, 0.1) is 0 Å². The number of ether oxygens (including phenoxy) is 2. The summed E-state index contributed by atoms with van der Waals surface area (Å²) < 4.78 is 32.0. The molecule has 0 aliphatic carbocycles. The minimum atomic E-state index is -4.41. The summed E-state index contributed by atoms with van der Waals surface area (Å²) in [6, 6.07) is 0. The van der Waals surface area contributed by atoms with Gasteiger partial charge >= 0.3 is 19.8 Å². The quantitative estimate of drug-likeness (QED) is 0.0424. The summed E-state index contributed by atoms with van der Waals surface area (Å²) in [6.07, 6.45) is 16.1. The number of rotatable bonds is 27. The molecule has 0 rings (SSSR count). The Morgan fingerprint density at radius 3 is 1.76 bits per heavy atom. The molecule has 0 radical (unpaired) electrons. The molecule has 0 amide bonds. The van der Waals surface area contributed by atoms with E-state index in [-0.39, 0.29) is 43.6 Å². The minimum absolute atomic E-state index is 0.145. The van der Waals surface area contributed by atoms with E-state index in [1.54, 1.807) is 0 Å². The average molecular weight is 630 g/mol. The van der Waals surface area contributed by atoms with Crippen molar-refractivity contribution in [3.63, 3.8) is 0 Å². The third-order valence-electron chi connectivity index (χ3n) is 5.86. The van der Waals surface area contributed by atoms with Gasteiger partial charge in [0.05, 0.1) is 13.2 Å². The van der Waals surface area contributed by atoms with Gasteiger partial charge in [-0.05, 0) is 35.2 Å². The van der Waals surface area contributed by atoms with Gasteiger partial charge in [-0.15, -0.1) is 0 Å². The molecular weight excluding hydrogens is 579 g/mol. The van der Waals surface area contributed by atoms with E-state index in [1.165, 1.54) is 64.2 Å². The zero-order valence-electron chi connectivity index (χ0n) is 23.5. The van der Waals surface area contributed by atoms with Crippen molar-refractivity contribution in [2.45, 2.75) is 136 Å². The topological polar surface area (TPSA) is 125 Å². The van der Waals surface area contributed by atoms with E-state index in [9.17, 15) is 23.8 Å². The second kappa shape index (κ2) is 25.2. The highest BCUT2D eigenvalue weighted by Crippen LogP contribution is 2.43. The Hall–Kier alpha value is -0.800. The van der Waals surface area contributed by atoms with Gasteiger partial charge in [0.1, 0.15) is 6.61 Å². The lowest BCUT2D eigenvalue weighted by Crippen LogP contribution is -2.29. The van der Waals surface area contributed by atoms with Crippen molar-refractivity contribution in [3.8, 4) is 0 Å². The monoisotopic (exact) mass is 628 g/mol. The molecule has 11 heteroatoms. The molecule has 2 unspecified atom stereocenters. The smallest absolute Gasteiger partial charge is 0.462 e. The Kier molecular flexibility index (Phi) is 24.7. The average Bonchev–Trinajstić information content (AvgIpc) is 2.86. The molecular formula is C27H50BrO9P. The first-order valence-electron chi connectivity index (χ1n) is 14.4. The van der Waals surface area contributed by atoms with Crippen molar-refractivity contribution in [2.24, 2.45) is 0 Å². The zero-order chi connectivity index (χ0) is 28.5. The number of hydrogen-bond donors (Lipinski definition) is 1. The van der Waals surface area contributed by atoms with Crippen molar-refractivity contribution in [2.75, 3.05) is 19.8 Å². The molecule has 1 N–H and O–H groups in total. The first kappa shape index (κ1) is 37.2. The van der Waals surface area contributed by atoms with Crippen molar-refractivity contribution in [1.29, 1.82) is 0 Å². The van der Waals surface area contributed by atoms with E-state index in [4.69, 9.17) is 18.5 Å². The Labute approximate surface area is 237 Å². The third kappa shape index (κ3) is 25.5. The van der Waals surface area contributed by atoms with Crippen LogP contribution in [0.15, 0.2) is 0 Å². The lowest BCUT2D eigenvalue weighted by atomic mass is 10.0. The number of phosphoric acid groups is 1. The van der Waals surface area contributed by atoms with Crippen molar-refractivity contribution in [1.82, 2.24) is 0 Å². The number of carbonyl (C=O) groups is 3. The minimum Gasteiger partial charge on any atom is -0.462 e. The van der Waals surface area contributed by atoms with Crippen LogP contribution in [0.25, 0.3) is 0 Å². The van der Waals surface area contributed by atoms with E-state index in [0.29, 0.717) is 6.42 Å². The molecule has 2 atom stereocenters. The molecule has 0 aromatic rings. The largest absolute Gasteiger partial charge is 0.472 e. The van der Waals surface area contributed by atoms with Gasteiger partial charge < -0.3 is 14.4 Å². The van der Waals surface area contributed by atoms with Crippen LogP contribution in [0.5, 0.6) is 0 Å². The first-order valence-corrected chi connectivity index (χ1v) is 16.6.